The van der Waals surface area contributed by atoms with Crippen molar-refractivity contribution < 1.29 is 0 Å². The van der Waals surface area contributed by atoms with E-state index in [9.17, 15) is 0 Å². The number of hydrogen-bond donors (Lipinski definition) is 1. The SMILES string of the molecule is CC(C)n1c(CN)nnc1SCc1nc(C(C)(C)C)cs1. The van der Waals surface area contributed by atoms with Crippen molar-refractivity contribution in [2.24, 2.45) is 5.73 Å². The first-order valence-corrected chi connectivity index (χ1v) is 8.91. The number of nitrogens with zero attached hydrogens (tertiary/aromatic N) is 4. The maximum atomic E-state index is 5.72. The van der Waals surface area contributed by atoms with Gasteiger partial charge < -0.3 is 10.3 Å². The first-order valence-electron chi connectivity index (χ1n) is 7.04. The van der Waals surface area contributed by atoms with Gasteiger partial charge in [-0.15, -0.1) is 21.5 Å². The van der Waals surface area contributed by atoms with E-state index in [1.165, 1.54) is 0 Å². The highest BCUT2D eigenvalue weighted by molar-refractivity contribution is 7.98. The van der Waals surface area contributed by atoms with Gasteiger partial charge in [0.2, 0.25) is 0 Å². The van der Waals surface area contributed by atoms with Crippen molar-refractivity contribution in [2.75, 3.05) is 0 Å². The number of nitrogens with two attached hydrogens (primary N) is 1. The molecule has 0 aliphatic heterocycles. The summed E-state index contributed by atoms with van der Waals surface area (Å²) in [6.45, 7) is 11.2. The molecule has 21 heavy (non-hydrogen) atoms. The van der Waals surface area contributed by atoms with Crippen LogP contribution in [0.4, 0.5) is 0 Å². The van der Waals surface area contributed by atoms with Crippen LogP contribution in [0.5, 0.6) is 0 Å². The topological polar surface area (TPSA) is 69.6 Å². The maximum absolute atomic E-state index is 5.72. The first kappa shape index (κ1) is 16.5. The molecule has 0 saturated carbocycles. The summed E-state index contributed by atoms with van der Waals surface area (Å²) < 4.78 is 2.10. The fraction of sp³-hybridized carbons (Fsp3) is 0.643. The molecule has 0 saturated heterocycles. The summed E-state index contributed by atoms with van der Waals surface area (Å²) in [6, 6.07) is 0.308. The van der Waals surface area contributed by atoms with E-state index in [4.69, 9.17) is 10.7 Å². The second-order valence-electron chi connectivity index (χ2n) is 6.23. The van der Waals surface area contributed by atoms with E-state index in [0.717, 1.165) is 27.4 Å². The van der Waals surface area contributed by atoms with Gasteiger partial charge in [-0.05, 0) is 13.8 Å². The number of thioether (sulfide) groups is 1. The third-order valence-electron chi connectivity index (χ3n) is 3.08. The van der Waals surface area contributed by atoms with Crippen LogP contribution in [0, 0.1) is 0 Å². The average Bonchev–Trinajstić information content (AvgIpc) is 3.02. The predicted octanol–water partition coefficient (Wildman–Crippen LogP) is 3.36. The molecule has 0 aliphatic rings. The molecule has 0 aliphatic carbocycles. The molecule has 0 amide bonds. The van der Waals surface area contributed by atoms with Gasteiger partial charge in [0.25, 0.3) is 0 Å². The summed E-state index contributed by atoms with van der Waals surface area (Å²) in [5.74, 6) is 1.65. The number of aromatic nitrogens is 4. The molecule has 2 heterocycles. The fourth-order valence-electron chi connectivity index (χ4n) is 1.91. The van der Waals surface area contributed by atoms with Crippen molar-refractivity contribution in [1.29, 1.82) is 0 Å². The molecule has 0 radical (unpaired) electrons. The van der Waals surface area contributed by atoms with Crippen LogP contribution < -0.4 is 5.73 Å². The van der Waals surface area contributed by atoms with Crippen LogP contribution in [0.25, 0.3) is 0 Å². The van der Waals surface area contributed by atoms with Gasteiger partial charge in [0.05, 0.1) is 18.0 Å². The van der Waals surface area contributed by atoms with Crippen molar-refractivity contribution >= 4 is 23.1 Å². The second-order valence-corrected chi connectivity index (χ2v) is 8.12. The van der Waals surface area contributed by atoms with E-state index in [1.54, 1.807) is 23.1 Å². The fourth-order valence-corrected chi connectivity index (χ4v) is 4.04. The molecule has 2 aromatic rings. The Balaban J connectivity index is 2.10. The van der Waals surface area contributed by atoms with Crippen molar-refractivity contribution in [3.63, 3.8) is 0 Å². The molecule has 0 atom stereocenters. The van der Waals surface area contributed by atoms with Crippen LogP contribution >= 0.6 is 23.1 Å². The lowest BCUT2D eigenvalue weighted by Gasteiger charge is -2.14. The van der Waals surface area contributed by atoms with Gasteiger partial charge in [-0.2, -0.15) is 0 Å². The average molecular weight is 326 g/mol. The van der Waals surface area contributed by atoms with Crippen LogP contribution in [-0.2, 0) is 17.7 Å². The van der Waals surface area contributed by atoms with Gasteiger partial charge in [-0.25, -0.2) is 4.98 Å². The quantitative estimate of drug-likeness (QED) is 0.854. The Morgan fingerprint density at radius 3 is 2.57 bits per heavy atom. The lowest BCUT2D eigenvalue weighted by atomic mass is 9.93. The lowest BCUT2D eigenvalue weighted by Crippen LogP contribution is -2.12. The monoisotopic (exact) mass is 325 g/mol. The molecule has 7 heteroatoms. The molecule has 0 bridgehead atoms. The molecule has 0 unspecified atom stereocenters. The largest absolute Gasteiger partial charge is 0.324 e. The summed E-state index contributed by atoms with van der Waals surface area (Å²) in [5.41, 5.74) is 6.97. The highest BCUT2D eigenvalue weighted by atomic mass is 32.2. The number of rotatable bonds is 5. The molecule has 0 spiro atoms. The summed E-state index contributed by atoms with van der Waals surface area (Å²) in [7, 11) is 0. The zero-order valence-corrected chi connectivity index (χ0v) is 14.9. The zero-order valence-electron chi connectivity index (χ0n) is 13.3. The van der Waals surface area contributed by atoms with Gasteiger partial charge in [0, 0.05) is 16.8 Å². The minimum absolute atomic E-state index is 0.101. The molecule has 2 aromatic heterocycles. The Bertz CT molecular complexity index is 595. The maximum Gasteiger partial charge on any atom is 0.191 e. The molecular weight excluding hydrogens is 302 g/mol. The predicted molar refractivity (Wildman–Crippen MR) is 88.7 cm³/mol. The Morgan fingerprint density at radius 2 is 2.05 bits per heavy atom. The van der Waals surface area contributed by atoms with Gasteiger partial charge in [-0.3, -0.25) is 0 Å². The number of hydrogen-bond acceptors (Lipinski definition) is 6. The third-order valence-corrected chi connectivity index (χ3v) is 5.06. The van der Waals surface area contributed by atoms with Crippen molar-refractivity contribution in [3.8, 4) is 0 Å². The Kier molecular flexibility index (Phi) is 5.06. The molecule has 0 aromatic carbocycles. The Hall–Kier alpha value is -0.920. The summed E-state index contributed by atoms with van der Waals surface area (Å²) in [6.07, 6.45) is 0. The van der Waals surface area contributed by atoms with Crippen molar-refractivity contribution in [1.82, 2.24) is 19.7 Å². The molecule has 116 valence electrons. The van der Waals surface area contributed by atoms with Gasteiger partial charge in [0.15, 0.2) is 5.16 Å². The smallest absolute Gasteiger partial charge is 0.191 e. The summed E-state index contributed by atoms with van der Waals surface area (Å²) >= 11 is 3.38. The van der Waals surface area contributed by atoms with E-state index in [-0.39, 0.29) is 5.41 Å². The molecular formula is C14H23N5S2. The normalized spacial score (nSPS) is 12.3. The first-order chi connectivity index (χ1) is 9.82. The van der Waals surface area contributed by atoms with E-state index >= 15 is 0 Å². The van der Waals surface area contributed by atoms with Crippen molar-refractivity contribution in [2.45, 2.75) is 63.5 Å². The van der Waals surface area contributed by atoms with E-state index in [1.807, 2.05) is 0 Å². The van der Waals surface area contributed by atoms with Crippen molar-refractivity contribution in [3.05, 3.63) is 21.9 Å². The molecule has 0 fully saturated rings. The van der Waals surface area contributed by atoms with Crippen LogP contribution in [0.3, 0.4) is 0 Å². The summed E-state index contributed by atoms with van der Waals surface area (Å²) in [4.78, 5) is 4.71. The van der Waals surface area contributed by atoms with Crippen LogP contribution in [0.2, 0.25) is 0 Å². The zero-order chi connectivity index (χ0) is 15.6. The van der Waals surface area contributed by atoms with Crippen LogP contribution in [-0.4, -0.2) is 19.7 Å². The molecule has 2 N–H and O–H groups in total. The van der Waals surface area contributed by atoms with Crippen LogP contribution in [0.1, 0.15) is 57.2 Å². The van der Waals surface area contributed by atoms with Gasteiger partial charge in [-0.1, -0.05) is 32.5 Å². The highest BCUT2D eigenvalue weighted by Gasteiger charge is 2.18. The van der Waals surface area contributed by atoms with E-state index in [0.29, 0.717) is 12.6 Å². The minimum Gasteiger partial charge on any atom is -0.324 e. The van der Waals surface area contributed by atoms with Gasteiger partial charge in [0.1, 0.15) is 10.8 Å². The third kappa shape index (κ3) is 3.84. The molecule has 5 nitrogen and oxygen atoms in total. The lowest BCUT2D eigenvalue weighted by molar-refractivity contribution is 0.526. The van der Waals surface area contributed by atoms with E-state index in [2.05, 4.69) is 54.8 Å². The Morgan fingerprint density at radius 1 is 1.33 bits per heavy atom. The molecule has 2 rings (SSSR count). The van der Waals surface area contributed by atoms with E-state index < -0.39 is 0 Å². The highest BCUT2D eigenvalue weighted by Crippen LogP contribution is 2.29. The number of thiazole rings is 1. The Labute approximate surface area is 134 Å². The minimum atomic E-state index is 0.101. The second kappa shape index (κ2) is 6.46. The standard InChI is InChI=1S/C14H23N5S2/c1-9(2)19-11(6-15)17-18-13(19)21-8-12-16-10(7-20-12)14(3,4)5/h7,9H,6,8,15H2,1-5H3. The van der Waals surface area contributed by atoms with Crippen LogP contribution in [0.15, 0.2) is 10.5 Å². The summed E-state index contributed by atoms with van der Waals surface area (Å²) in [5, 5.41) is 12.6. The van der Waals surface area contributed by atoms with Gasteiger partial charge >= 0.3 is 0 Å².